The summed E-state index contributed by atoms with van der Waals surface area (Å²) >= 11 is 1.99. The van der Waals surface area contributed by atoms with Crippen LogP contribution in [0.3, 0.4) is 0 Å². The molecule has 20 heavy (non-hydrogen) atoms. The van der Waals surface area contributed by atoms with Crippen molar-refractivity contribution in [1.29, 1.82) is 0 Å². The Morgan fingerprint density at radius 2 is 2.25 bits per heavy atom. The summed E-state index contributed by atoms with van der Waals surface area (Å²) in [4.78, 5) is 13.6. The van der Waals surface area contributed by atoms with Crippen LogP contribution < -0.4 is 5.32 Å². The van der Waals surface area contributed by atoms with Gasteiger partial charge in [0.15, 0.2) is 0 Å². The van der Waals surface area contributed by atoms with Gasteiger partial charge in [-0.1, -0.05) is 18.6 Å². The number of hydrogen-bond donors (Lipinski definition) is 1. The third-order valence-corrected chi connectivity index (χ3v) is 5.12. The molecular weight excluding hydrogens is 268 g/mol. The summed E-state index contributed by atoms with van der Waals surface area (Å²) in [5.41, 5.74) is 2.14. The fraction of sp³-hybridized carbons (Fsp3) is 0.562. The van der Waals surface area contributed by atoms with Gasteiger partial charge < -0.3 is 5.32 Å². The van der Waals surface area contributed by atoms with Crippen molar-refractivity contribution in [1.82, 2.24) is 4.90 Å². The highest BCUT2D eigenvalue weighted by Gasteiger charge is 2.29. The standard InChI is InChI=1S/C16H24N2OS/c1-12(19)17-14-7-4-6-13(10-14)11-18(2)15-8-5-9-16(15)20-3/h4,6-7,10,15-16H,5,8-9,11H2,1-3H3,(H,17,19)/t15-,16+/m1/s1. The van der Waals surface area contributed by atoms with E-state index in [0.29, 0.717) is 6.04 Å². The summed E-state index contributed by atoms with van der Waals surface area (Å²) in [6, 6.07) is 8.82. The predicted octanol–water partition coefficient (Wildman–Crippen LogP) is 3.36. The number of amides is 1. The van der Waals surface area contributed by atoms with E-state index >= 15 is 0 Å². The zero-order valence-electron chi connectivity index (χ0n) is 12.6. The first-order valence-corrected chi connectivity index (χ1v) is 8.48. The lowest BCUT2D eigenvalue weighted by atomic mass is 10.1. The van der Waals surface area contributed by atoms with Gasteiger partial charge in [0.05, 0.1) is 0 Å². The molecule has 0 unspecified atom stereocenters. The van der Waals surface area contributed by atoms with Crippen molar-refractivity contribution in [3.8, 4) is 0 Å². The fourth-order valence-corrected chi connectivity index (χ4v) is 4.10. The molecular formula is C16H24N2OS. The van der Waals surface area contributed by atoms with Crippen LogP contribution in [0.5, 0.6) is 0 Å². The molecule has 1 amide bonds. The molecule has 1 N–H and O–H groups in total. The topological polar surface area (TPSA) is 32.3 Å². The lowest BCUT2D eigenvalue weighted by Gasteiger charge is -2.29. The van der Waals surface area contributed by atoms with Crippen LogP contribution in [-0.4, -0.2) is 35.4 Å². The van der Waals surface area contributed by atoms with Crippen LogP contribution in [0.2, 0.25) is 0 Å². The molecule has 1 fully saturated rings. The van der Waals surface area contributed by atoms with Gasteiger partial charge in [0, 0.05) is 30.4 Å². The number of thioether (sulfide) groups is 1. The third-order valence-electron chi connectivity index (χ3n) is 3.97. The lowest BCUT2D eigenvalue weighted by molar-refractivity contribution is -0.114. The molecule has 2 atom stereocenters. The Balaban J connectivity index is 2.00. The third kappa shape index (κ3) is 4.00. The Kier molecular flexibility index (Phi) is 5.49. The summed E-state index contributed by atoms with van der Waals surface area (Å²) < 4.78 is 0. The van der Waals surface area contributed by atoms with Gasteiger partial charge in [-0.25, -0.2) is 0 Å². The summed E-state index contributed by atoms with van der Waals surface area (Å²) in [5.74, 6) is -0.0197. The second-order valence-electron chi connectivity index (χ2n) is 5.57. The van der Waals surface area contributed by atoms with Crippen LogP contribution >= 0.6 is 11.8 Å². The zero-order chi connectivity index (χ0) is 14.5. The van der Waals surface area contributed by atoms with Crippen molar-refractivity contribution in [2.24, 2.45) is 0 Å². The van der Waals surface area contributed by atoms with Crippen molar-refractivity contribution in [3.05, 3.63) is 29.8 Å². The van der Waals surface area contributed by atoms with Crippen molar-refractivity contribution in [2.45, 2.75) is 44.0 Å². The molecule has 0 bridgehead atoms. The van der Waals surface area contributed by atoms with Gasteiger partial charge in [-0.2, -0.15) is 11.8 Å². The summed E-state index contributed by atoms with van der Waals surface area (Å²) in [7, 11) is 2.21. The van der Waals surface area contributed by atoms with Crippen LogP contribution in [0.1, 0.15) is 31.7 Å². The van der Waals surface area contributed by atoms with E-state index < -0.39 is 0 Å². The molecule has 2 rings (SSSR count). The Labute approximate surface area is 126 Å². The number of hydrogen-bond acceptors (Lipinski definition) is 3. The highest BCUT2D eigenvalue weighted by molar-refractivity contribution is 7.99. The van der Waals surface area contributed by atoms with Gasteiger partial charge in [0.2, 0.25) is 5.91 Å². The van der Waals surface area contributed by atoms with Crippen molar-refractivity contribution in [2.75, 3.05) is 18.6 Å². The van der Waals surface area contributed by atoms with Crippen LogP contribution in [0.25, 0.3) is 0 Å². The first kappa shape index (κ1) is 15.4. The molecule has 1 saturated carbocycles. The summed E-state index contributed by atoms with van der Waals surface area (Å²) in [6.07, 6.45) is 6.19. The number of benzene rings is 1. The Morgan fingerprint density at radius 3 is 2.95 bits per heavy atom. The maximum Gasteiger partial charge on any atom is 0.221 e. The van der Waals surface area contributed by atoms with Crippen molar-refractivity contribution < 1.29 is 4.79 Å². The molecule has 4 heteroatoms. The van der Waals surface area contributed by atoms with E-state index in [1.807, 2.05) is 23.9 Å². The Hall–Kier alpha value is -1.00. The van der Waals surface area contributed by atoms with Crippen LogP contribution in [0.15, 0.2) is 24.3 Å². The molecule has 110 valence electrons. The minimum Gasteiger partial charge on any atom is -0.326 e. The van der Waals surface area contributed by atoms with Gasteiger partial charge >= 0.3 is 0 Å². The maximum absolute atomic E-state index is 11.1. The van der Waals surface area contributed by atoms with E-state index in [1.54, 1.807) is 6.92 Å². The van der Waals surface area contributed by atoms with E-state index in [9.17, 15) is 4.79 Å². The molecule has 1 aliphatic carbocycles. The minimum absolute atomic E-state index is 0.0197. The predicted molar refractivity (Wildman–Crippen MR) is 87.2 cm³/mol. The first-order valence-electron chi connectivity index (χ1n) is 7.19. The fourth-order valence-electron chi connectivity index (χ4n) is 3.04. The van der Waals surface area contributed by atoms with Crippen molar-refractivity contribution in [3.63, 3.8) is 0 Å². The molecule has 1 aromatic carbocycles. The smallest absolute Gasteiger partial charge is 0.221 e. The highest BCUT2D eigenvalue weighted by atomic mass is 32.2. The number of anilines is 1. The van der Waals surface area contributed by atoms with Gasteiger partial charge in [-0.05, 0) is 43.8 Å². The molecule has 0 saturated heterocycles. The molecule has 0 spiro atoms. The number of nitrogens with one attached hydrogen (secondary N) is 1. The number of carbonyl (C=O) groups is 1. The molecule has 0 heterocycles. The maximum atomic E-state index is 11.1. The van der Waals surface area contributed by atoms with Crippen LogP contribution in [0, 0.1) is 0 Å². The normalized spacial score (nSPS) is 22.2. The number of carbonyl (C=O) groups excluding carboxylic acids is 1. The summed E-state index contributed by atoms with van der Waals surface area (Å²) in [5, 5.41) is 3.61. The molecule has 3 nitrogen and oxygen atoms in total. The largest absolute Gasteiger partial charge is 0.326 e. The number of rotatable bonds is 5. The van der Waals surface area contributed by atoms with E-state index in [0.717, 1.165) is 17.5 Å². The first-order chi connectivity index (χ1) is 9.60. The molecule has 1 aromatic rings. The molecule has 0 aromatic heterocycles. The second-order valence-corrected chi connectivity index (χ2v) is 6.65. The highest BCUT2D eigenvalue weighted by Crippen LogP contribution is 2.32. The van der Waals surface area contributed by atoms with Gasteiger partial charge in [-0.15, -0.1) is 0 Å². The quantitative estimate of drug-likeness (QED) is 0.903. The van der Waals surface area contributed by atoms with Gasteiger partial charge in [0.25, 0.3) is 0 Å². The van der Waals surface area contributed by atoms with Gasteiger partial charge in [0.1, 0.15) is 0 Å². The van der Waals surface area contributed by atoms with E-state index in [1.165, 1.54) is 24.8 Å². The average molecular weight is 292 g/mol. The minimum atomic E-state index is -0.0197. The lowest BCUT2D eigenvalue weighted by Crippen LogP contribution is -2.35. The SMILES string of the molecule is CS[C@H]1CCC[C@H]1N(C)Cc1cccc(NC(C)=O)c1. The molecule has 1 aliphatic rings. The molecule has 0 radical (unpaired) electrons. The second kappa shape index (κ2) is 7.14. The van der Waals surface area contributed by atoms with Crippen LogP contribution in [0.4, 0.5) is 5.69 Å². The molecule has 0 aliphatic heterocycles. The Morgan fingerprint density at radius 1 is 1.45 bits per heavy atom. The Bertz CT molecular complexity index is 464. The van der Waals surface area contributed by atoms with E-state index in [2.05, 4.69) is 35.7 Å². The monoisotopic (exact) mass is 292 g/mol. The van der Waals surface area contributed by atoms with E-state index in [-0.39, 0.29) is 5.91 Å². The van der Waals surface area contributed by atoms with Crippen molar-refractivity contribution >= 4 is 23.4 Å². The van der Waals surface area contributed by atoms with E-state index in [4.69, 9.17) is 0 Å². The van der Waals surface area contributed by atoms with Gasteiger partial charge in [-0.3, -0.25) is 9.69 Å². The van der Waals surface area contributed by atoms with Crippen LogP contribution in [-0.2, 0) is 11.3 Å². The summed E-state index contributed by atoms with van der Waals surface area (Å²) in [6.45, 7) is 2.48. The number of nitrogens with zero attached hydrogens (tertiary/aromatic N) is 1. The average Bonchev–Trinajstić information content (AvgIpc) is 2.86. The zero-order valence-corrected chi connectivity index (χ0v) is 13.4.